The fourth-order valence-electron chi connectivity index (χ4n) is 2.06. The van der Waals surface area contributed by atoms with Crippen LogP contribution in [0.2, 0.25) is 0 Å². The first-order chi connectivity index (χ1) is 10.6. The normalized spacial score (nSPS) is 10.3. The van der Waals surface area contributed by atoms with Crippen LogP contribution < -0.4 is 10.6 Å². The molecule has 0 saturated carbocycles. The molecular formula is C17H21N3OS. The number of carbonyl (C=O) groups excluding carboxylic acids is 1. The van der Waals surface area contributed by atoms with Crippen LogP contribution in [0.1, 0.15) is 24.6 Å². The lowest BCUT2D eigenvalue weighted by atomic mass is 10.1. The standard InChI is InChI=1S/C17H21N3OS/c1-4-6-15(21)19-14-9-7-13(8-10-14)16-12(3)22-17(20-16)18-11-5-2/h5,7-10H,2,4,6,11H2,1,3H3,(H,18,20)(H,19,21). The average Bonchev–Trinajstić information content (AvgIpc) is 2.87. The van der Waals surface area contributed by atoms with Crippen LogP contribution >= 0.6 is 11.3 Å². The number of nitrogens with zero attached hydrogens (tertiary/aromatic N) is 1. The Morgan fingerprint density at radius 2 is 2.09 bits per heavy atom. The minimum absolute atomic E-state index is 0.0519. The Hall–Kier alpha value is -2.14. The third-order valence-electron chi connectivity index (χ3n) is 3.11. The lowest BCUT2D eigenvalue weighted by molar-refractivity contribution is -0.116. The van der Waals surface area contributed by atoms with E-state index in [0.717, 1.165) is 33.4 Å². The Morgan fingerprint density at radius 3 is 2.73 bits per heavy atom. The molecule has 2 N–H and O–H groups in total. The van der Waals surface area contributed by atoms with E-state index in [2.05, 4.69) is 29.1 Å². The van der Waals surface area contributed by atoms with Gasteiger partial charge in [-0.05, 0) is 25.5 Å². The molecule has 4 nitrogen and oxygen atoms in total. The van der Waals surface area contributed by atoms with Gasteiger partial charge < -0.3 is 10.6 Å². The quantitative estimate of drug-likeness (QED) is 0.742. The van der Waals surface area contributed by atoms with Crippen molar-refractivity contribution in [3.05, 3.63) is 41.8 Å². The molecule has 22 heavy (non-hydrogen) atoms. The van der Waals surface area contributed by atoms with Crippen molar-refractivity contribution in [1.82, 2.24) is 4.98 Å². The summed E-state index contributed by atoms with van der Waals surface area (Å²) in [6.45, 7) is 8.44. The maximum absolute atomic E-state index is 11.6. The first-order valence-electron chi connectivity index (χ1n) is 7.36. The SMILES string of the molecule is C=CCNc1nc(-c2ccc(NC(=O)CCC)cc2)c(C)s1. The van der Waals surface area contributed by atoms with Crippen molar-refractivity contribution >= 4 is 28.1 Å². The predicted molar refractivity (Wildman–Crippen MR) is 94.5 cm³/mol. The molecule has 116 valence electrons. The second kappa shape index (κ2) is 7.75. The number of anilines is 2. The van der Waals surface area contributed by atoms with E-state index in [0.29, 0.717) is 13.0 Å². The largest absolute Gasteiger partial charge is 0.358 e. The third kappa shape index (κ3) is 4.18. The van der Waals surface area contributed by atoms with Crippen LogP contribution in [0.5, 0.6) is 0 Å². The molecule has 1 aromatic carbocycles. The van der Waals surface area contributed by atoms with Crippen LogP contribution in [0.25, 0.3) is 11.3 Å². The zero-order valence-corrected chi connectivity index (χ0v) is 13.8. The minimum atomic E-state index is 0.0519. The lowest BCUT2D eigenvalue weighted by Crippen LogP contribution is -2.10. The van der Waals surface area contributed by atoms with Crippen LogP contribution in [0.3, 0.4) is 0 Å². The Kier molecular flexibility index (Phi) is 5.72. The van der Waals surface area contributed by atoms with Crippen molar-refractivity contribution in [3.63, 3.8) is 0 Å². The molecule has 5 heteroatoms. The summed E-state index contributed by atoms with van der Waals surface area (Å²) in [5.74, 6) is 0.0519. The van der Waals surface area contributed by atoms with Crippen LogP contribution in [-0.4, -0.2) is 17.4 Å². The van der Waals surface area contributed by atoms with Gasteiger partial charge in [0.2, 0.25) is 5.91 Å². The van der Waals surface area contributed by atoms with Crippen LogP contribution in [0, 0.1) is 6.92 Å². The molecule has 1 heterocycles. The number of thiazole rings is 1. The van der Waals surface area contributed by atoms with E-state index in [-0.39, 0.29) is 5.91 Å². The molecule has 0 fully saturated rings. The van der Waals surface area contributed by atoms with Crippen molar-refractivity contribution in [2.75, 3.05) is 17.2 Å². The van der Waals surface area contributed by atoms with Gasteiger partial charge in [-0.3, -0.25) is 4.79 Å². The van der Waals surface area contributed by atoms with Gasteiger partial charge in [0.25, 0.3) is 0 Å². The van der Waals surface area contributed by atoms with E-state index in [4.69, 9.17) is 0 Å². The third-order valence-corrected chi connectivity index (χ3v) is 4.04. The summed E-state index contributed by atoms with van der Waals surface area (Å²) in [5.41, 5.74) is 2.84. The molecular weight excluding hydrogens is 294 g/mol. The van der Waals surface area contributed by atoms with Gasteiger partial charge >= 0.3 is 0 Å². The number of benzene rings is 1. The van der Waals surface area contributed by atoms with Crippen molar-refractivity contribution in [2.24, 2.45) is 0 Å². The van der Waals surface area contributed by atoms with Gasteiger partial charge in [-0.25, -0.2) is 4.98 Å². The number of aromatic nitrogens is 1. The number of nitrogens with one attached hydrogen (secondary N) is 2. The highest BCUT2D eigenvalue weighted by atomic mass is 32.1. The highest BCUT2D eigenvalue weighted by Crippen LogP contribution is 2.30. The van der Waals surface area contributed by atoms with Crippen molar-refractivity contribution < 1.29 is 4.79 Å². The summed E-state index contributed by atoms with van der Waals surface area (Å²) in [7, 11) is 0. The van der Waals surface area contributed by atoms with Crippen molar-refractivity contribution in [1.29, 1.82) is 0 Å². The van der Waals surface area contributed by atoms with Crippen LogP contribution in [0.4, 0.5) is 10.8 Å². The van der Waals surface area contributed by atoms with Crippen molar-refractivity contribution in [3.8, 4) is 11.3 Å². The first-order valence-corrected chi connectivity index (χ1v) is 8.18. The number of carbonyl (C=O) groups is 1. The summed E-state index contributed by atoms with van der Waals surface area (Å²) in [6, 6.07) is 7.80. The molecule has 1 amide bonds. The molecule has 0 aliphatic rings. The van der Waals surface area contributed by atoms with Crippen molar-refractivity contribution in [2.45, 2.75) is 26.7 Å². The van der Waals surface area contributed by atoms with E-state index < -0.39 is 0 Å². The summed E-state index contributed by atoms with van der Waals surface area (Å²) >= 11 is 1.63. The smallest absolute Gasteiger partial charge is 0.224 e. The maximum Gasteiger partial charge on any atom is 0.224 e. The van der Waals surface area contributed by atoms with Crippen LogP contribution in [0.15, 0.2) is 36.9 Å². The fourth-order valence-corrected chi connectivity index (χ4v) is 2.90. The predicted octanol–water partition coefficient (Wildman–Crippen LogP) is 4.46. The zero-order chi connectivity index (χ0) is 15.9. The Labute approximate surface area is 135 Å². The van der Waals surface area contributed by atoms with E-state index >= 15 is 0 Å². The highest BCUT2D eigenvalue weighted by Gasteiger charge is 2.09. The number of hydrogen-bond donors (Lipinski definition) is 2. The lowest BCUT2D eigenvalue weighted by Gasteiger charge is -2.05. The molecule has 0 aliphatic heterocycles. The average molecular weight is 315 g/mol. The highest BCUT2D eigenvalue weighted by molar-refractivity contribution is 7.16. The summed E-state index contributed by atoms with van der Waals surface area (Å²) in [4.78, 5) is 17.4. The monoisotopic (exact) mass is 315 g/mol. The molecule has 0 aliphatic carbocycles. The second-order valence-electron chi connectivity index (χ2n) is 4.97. The van der Waals surface area contributed by atoms with Gasteiger partial charge in [-0.2, -0.15) is 0 Å². The topological polar surface area (TPSA) is 54.0 Å². The minimum Gasteiger partial charge on any atom is -0.358 e. The van der Waals surface area contributed by atoms with E-state index in [1.807, 2.05) is 37.3 Å². The molecule has 0 radical (unpaired) electrons. The van der Waals surface area contributed by atoms with Gasteiger partial charge in [0.15, 0.2) is 5.13 Å². The van der Waals surface area contributed by atoms with Gasteiger partial charge in [-0.1, -0.05) is 25.1 Å². The number of hydrogen-bond acceptors (Lipinski definition) is 4. The Bertz CT molecular complexity index is 646. The fraction of sp³-hybridized carbons (Fsp3) is 0.294. The molecule has 0 bridgehead atoms. The van der Waals surface area contributed by atoms with E-state index in [9.17, 15) is 4.79 Å². The molecule has 0 spiro atoms. The molecule has 1 aromatic heterocycles. The number of aryl methyl sites for hydroxylation is 1. The van der Waals surface area contributed by atoms with Gasteiger partial charge in [0, 0.05) is 29.1 Å². The van der Waals surface area contributed by atoms with Gasteiger partial charge in [-0.15, -0.1) is 17.9 Å². The Morgan fingerprint density at radius 1 is 1.36 bits per heavy atom. The van der Waals surface area contributed by atoms with Gasteiger partial charge in [0.05, 0.1) is 5.69 Å². The zero-order valence-electron chi connectivity index (χ0n) is 13.0. The van der Waals surface area contributed by atoms with Gasteiger partial charge in [0.1, 0.15) is 0 Å². The second-order valence-corrected chi connectivity index (χ2v) is 6.17. The molecule has 0 unspecified atom stereocenters. The maximum atomic E-state index is 11.6. The number of rotatable bonds is 7. The molecule has 0 atom stereocenters. The first kappa shape index (κ1) is 16.2. The van der Waals surface area contributed by atoms with Crippen LogP contribution in [-0.2, 0) is 4.79 Å². The van der Waals surface area contributed by atoms with E-state index in [1.54, 1.807) is 11.3 Å². The number of amides is 1. The summed E-state index contributed by atoms with van der Waals surface area (Å²) in [6.07, 6.45) is 3.21. The van der Waals surface area contributed by atoms with E-state index in [1.165, 1.54) is 0 Å². The summed E-state index contributed by atoms with van der Waals surface area (Å²) < 4.78 is 0. The molecule has 2 rings (SSSR count). The Balaban J connectivity index is 2.11. The molecule has 2 aromatic rings. The molecule has 0 saturated heterocycles. The summed E-state index contributed by atoms with van der Waals surface area (Å²) in [5, 5.41) is 6.99.